The van der Waals surface area contributed by atoms with Crippen LogP contribution < -0.4 is 11.1 Å². The zero-order valence-corrected chi connectivity index (χ0v) is 12.0. The highest BCUT2D eigenvalue weighted by atomic mass is 16.4. The van der Waals surface area contributed by atoms with E-state index < -0.39 is 17.1 Å². The van der Waals surface area contributed by atoms with E-state index in [1.165, 1.54) is 10.6 Å². The fourth-order valence-corrected chi connectivity index (χ4v) is 2.66. The van der Waals surface area contributed by atoms with E-state index >= 15 is 0 Å². The molecule has 0 fully saturated rings. The molecule has 0 aliphatic carbocycles. The van der Waals surface area contributed by atoms with Gasteiger partial charge < -0.3 is 10.1 Å². The van der Waals surface area contributed by atoms with E-state index in [0.29, 0.717) is 18.4 Å². The number of nitrogens with zero attached hydrogens (tertiary/aromatic N) is 1. The molecule has 6 heteroatoms. The van der Waals surface area contributed by atoms with Crippen LogP contribution >= 0.6 is 0 Å². The van der Waals surface area contributed by atoms with Crippen LogP contribution in [-0.4, -0.2) is 20.6 Å². The summed E-state index contributed by atoms with van der Waals surface area (Å²) in [7, 11) is 0. The van der Waals surface area contributed by atoms with E-state index in [9.17, 15) is 19.5 Å². The van der Waals surface area contributed by atoms with Gasteiger partial charge in [-0.3, -0.25) is 14.2 Å². The van der Waals surface area contributed by atoms with Crippen LogP contribution in [0.5, 0.6) is 0 Å². The molecule has 0 radical (unpaired) electrons. The van der Waals surface area contributed by atoms with Crippen molar-refractivity contribution < 1.29 is 9.90 Å². The largest absolute Gasteiger partial charge is 0.478 e. The number of hydrogen-bond acceptors (Lipinski definition) is 3. The number of aromatic amines is 1. The average Bonchev–Trinajstić information content (AvgIpc) is 2.46. The highest BCUT2D eigenvalue weighted by molar-refractivity contribution is 6.00. The lowest BCUT2D eigenvalue weighted by Gasteiger charge is -2.20. The number of aromatic carboxylic acids is 1. The van der Waals surface area contributed by atoms with Crippen LogP contribution in [0.25, 0.3) is 11.0 Å². The minimum Gasteiger partial charge on any atom is -0.478 e. The molecule has 0 saturated heterocycles. The third kappa shape index (κ3) is 2.61. The zero-order valence-electron chi connectivity index (χ0n) is 12.0. The van der Waals surface area contributed by atoms with Crippen molar-refractivity contribution in [3.8, 4) is 0 Å². The van der Waals surface area contributed by atoms with Gasteiger partial charge in [-0.05, 0) is 25.0 Å². The average molecular weight is 290 g/mol. The molecule has 0 saturated carbocycles. The van der Waals surface area contributed by atoms with Crippen molar-refractivity contribution in [2.24, 2.45) is 0 Å². The molecule has 2 aromatic rings. The summed E-state index contributed by atoms with van der Waals surface area (Å²) >= 11 is 0. The molecular formula is C15H18N2O4. The van der Waals surface area contributed by atoms with Crippen molar-refractivity contribution >= 4 is 17.0 Å². The molecule has 2 rings (SSSR count). The molecule has 1 heterocycles. The Hall–Kier alpha value is -2.37. The first-order valence-electron chi connectivity index (χ1n) is 7.02. The fourth-order valence-electron chi connectivity index (χ4n) is 2.66. The van der Waals surface area contributed by atoms with Gasteiger partial charge >= 0.3 is 17.1 Å². The van der Waals surface area contributed by atoms with Crippen LogP contribution in [0.1, 0.15) is 49.5 Å². The van der Waals surface area contributed by atoms with Crippen molar-refractivity contribution in [2.45, 2.75) is 39.2 Å². The number of para-hydroxylation sites is 1. The number of benzene rings is 1. The van der Waals surface area contributed by atoms with E-state index in [4.69, 9.17) is 0 Å². The molecule has 1 atom stereocenters. The van der Waals surface area contributed by atoms with E-state index in [1.807, 2.05) is 13.8 Å². The summed E-state index contributed by atoms with van der Waals surface area (Å²) in [5.74, 6) is -1.12. The lowest BCUT2D eigenvalue weighted by Crippen LogP contribution is -2.38. The Balaban J connectivity index is 2.95. The Morgan fingerprint density at radius 1 is 1.33 bits per heavy atom. The minimum atomic E-state index is -1.12. The van der Waals surface area contributed by atoms with Gasteiger partial charge in [0.15, 0.2) is 0 Å². The van der Waals surface area contributed by atoms with E-state index in [-0.39, 0.29) is 17.1 Å². The molecule has 0 aliphatic rings. The van der Waals surface area contributed by atoms with Crippen molar-refractivity contribution in [1.29, 1.82) is 0 Å². The molecular weight excluding hydrogens is 272 g/mol. The number of H-pyrrole nitrogens is 1. The maximum atomic E-state index is 12.3. The summed E-state index contributed by atoms with van der Waals surface area (Å²) in [4.78, 5) is 38.0. The van der Waals surface area contributed by atoms with Crippen molar-refractivity contribution in [1.82, 2.24) is 9.55 Å². The molecule has 0 aliphatic heterocycles. The molecule has 21 heavy (non-hydrogen) atoms. The van der Waals surface area contributed by atoms with E-state index in [1.54, 1.807) is 12.1 Å². The smallest absolute Gasteiger partial charge is 0.337 e. The van der Waals surface area contributed by atoms with Gasteiger partial charge in [-0.25, -0.2) is 4.79 Å². The van der Waals surface area contributed by atoms with Crippen molar-refractivity contribution in [3.05, 3.63) is 44.5 Å². The van der Waals surface area contributed by atoms with Crippen LogP contribution in [-0.2, 0) is 0 Å². The molecule has 0 amide bonds. The van der Waals surface area contributed by atoms with Crippen LogP contribution in [0.3, 0.4) is 0 Å². The van der Waals surface area contributed by atoms with Crippen LogP contribution in [0.15, 0.2) is 27.8 Å². The quantitative estimate of drug-likeness (QED) is 0.825. The third-order valence-electron chi connectivity index (χ3n) is 3.63. The number of rotatable bonds is 5. The standard InChI is InChI=1S/C15H18N2O4/c1-3-6-9(4-2)17-12-10(15(20)21)7-5-8-11(12)16-13(18)14(17)19/h5,7-9H,3-4,6H2,1-2H3,(H,16,18)(H,20,21). The first kappa shape index (κ1) is 15.0. The van der Waals surface area contributed by atoms with E-state index in [0.717, 1.165) is 6.42 Å². The normalized spacial score (nSPS) is 12.5. The molecule has 6 nitrogen and oxygen atoms in total. The van der Waals surface area contributed by atoms with Crippen LogP contribution in [0.2, 0.25) is 0 Å². The van der Waals surface area contributed by atoms with Crippen LogP contribution in [0, 0.1) is 0 Å². The van der Waals surface area contributed by atoms with E-state index in [2.05, 4.69) is 4.98 Å². The lowest BCUT2D eigenvalue weighted by atomic mass is 10.1. The number of aromatic nitrogens is 2. The number of carboxylic acid groups (broad SMARTS) is 1. The summed E-state index contributed by atoms with van der Waals surface area (Å²) in [6, 6.07) is 4.42. The molecule has 1 unspecified atom stereocenters. The molecule has 112 valence electrons. The van der Waals surface area contributed by atoms with Gasteiger partial charge in [0.25, 0.3) is 0 Å². The lowest BCUT2D eigenvalue weighted by molar-refractivity contribution is 0.0698. The number of carbonyl (C=O) groups is 1. The maximum Gasteiger partial charge on any atom is 0.337 e. The molecule has 0 bridgehead atoms. The molecule has 2 N–H and O–H groups in total. The Labute approximate surface area is 121 Å². The summed E-state index contributed by atoms with van der Waals surface area (Å²) in [5.41, 5.74) is -0.740. The number of hydrogen-bond donors (Lipinski definition) is 2. The summed E-state index contributed by atoms with van der Waals surface area (Å²) in [6.07, 6.45) is 2.21. The molecule has 0 spiro atoms. The van der Waals surface area contributed by atoms with Crippen molar-refractivity contribution in [3.63, 3.8) is 0 Å². The summed E-state index contributed by atoms with van der Waals surface area (Å²) in [6.45, 7) is 3.91. The van der Waals surface area contributed by atoms with Gasteiger partial charge in [0.1, 0.15) is 0 Å². The monoisotopic (exact) mass is 290 g/mol. The second-order valence-corrected chi connectivity index (χ2v) is 4.99. The van der Waals surface area contributed by atoms with Gasteiger partial charge in [-0.15, -0.1) is 0 Å². The van der Waals surface area contributed by atoms with Crippen LogP contribution in [0.4, 0.5) is 0 Å². The fraction of sp³-hybridized carbons (Fsp3) is 0.400. The van der Waals surface area contributed by atoms with Gasteiger partial charge in [0, 0.05) is 6.04 Å². The molecule has 1 aromatic carbocycles. The second kappa shape index (κ2) is 5.95. The topological polar surface area (TPSA) is 92.2 Å². The Morgan fingerprint density at radius 3 is 2.62 bits per heavy atom. The third-order valence-corrected chi connectivity index (χ3v) is 3.63. The Kier molecular flexibility index (Phi) is 4.26. The predicted molar refractivity (Wildman–Crippen MR) is 80.0 cm³/mol. The second-order valence-electron chi connectivity index (χ2n) is 4.99. The minimum absolute atomic E-state index is 0.0235. The highest BCUT2D eigenvalue weighted by Crippen LogP contribution is 2.23. The number of nitrogens with one attached hydrogen (secondary N) is 1. The summed E-state index contributed by atoms with van der Waals surface area (Å²) < 4.78 is 1.35. The zero-order chi connectivity index (χ0) is 15.6. The summed E-state index contributed by atoms with van der Waals surface area (Å²) in [5, 5.41) is 9.34. The number of fused-ring (bicyclic) bond motifs is 1. The van der Waals surface area contributed by atoms with Gasteiger partial charge in [-0.1, -0.05) is 26.3 Å². The van der Waals surface area contributed by atoms with Gasteiger partial charge in [-0.2, -0.15) is 0 Å². The first-order valence-corrected chi connectivity index (χ1v) is 7.02. The van der Waals surface area contributed by atoms with Crippen molar-refractivity contribution in [2.75, 3.05) is 0 Å². The SMILES string of the molecule is CCCC(CC)n1c(=O)c(=O)[nH]c2cccc(C(=O)O)c21. The van der Waals surface area contributed by atoms with Gasteiger partial charge in [0.05, 0.1) is 16.6 Å². The Morgan fingerprint density at radius 2 is 2.05 bits per heavy atom. The first-order chi connectivity index (χ1) is 10.0. The maximum absolute atomic E-state index is 12.3. The van der Waals surface area contributed by atoms with Gasteiger partial charge in [0.2, 0.25) is 0 Å². The Bertz CT molecular complexity index is 788. The number of carboxylic acids is 1. The predicted octanol–water partition coefficient (Wildman–Crippen LogP) is 2.14. The highest BCUT2D eigenvalue weighted by Gasteiger charge is 2.20. The molecule has 1 aromatic heterocycles.